The molecule has 2 aromatic rings. The molecule has 3 rings (SSSR count). The van der Waals surface area contributed by atoms with E-state index in [1.165, 1.54) is 0 Å². The molecule has 0 unspecified atom stereocenters. The normalized spacial score (nSPS) is 16.2. The summed E-state index contributed by atoms with van der Waals surface area (Å²) in [5, 5.41) is 4.79. The molecule has 1 heterocycles. The molecule has 0 spiro atoms. The minimum Gasteiger partial charge on any atom is -0.376 e. The first-order valence-electron chi connectivity index (χ1n) is 6.76. The van der Waals surface area contributed by atoms with Crippen LogP contribution < -0.4 is 11.1 Å². The SMILES string of the molecule is NC(=O)CC1(NC(=O)c2cccc3ccccc23)COC1. The number of rotatable bonds is 4. The predicted molar refractivity (Wildman–Crippen MR) is 78.8 cm³/mol. The molecule has 21 heavy (non-hydrogen) atoms. The van der Waals surface area contributed by atoms with Crippen molar-refractivity contribution in [3.8, 4) is 0 Å². The summed E-state index contributed by atoms with van der Waals surface area (Å²) in [5.74, 6) is -0.659. The van der Waals surface area contributed by atoms with E-state index < -0.39 is 11.4 Å². The van der Waals surface area contributed by atoms with Gasteiger partial charge >= 0.3 is 0 Å². The smallest absolute Gasteiger partial charge is 0.252 e. The van der Waals surface area contributed by atoms with Crippen LogP contribution in [-0.4, -0.2) is 30.6 Å². The van der Waals surface area contributed by atoms with Crippen molar-refractivity contribution >= 4 is 22.6 Å². The summed E-state index contributed by atoms with van der Waals surface area (Å²) in [5.41, 5.74) is 5.17. The van der Waals surface area contributed by atoms with Gasteiger partial charge in [0.05, 0.1) is 25.2 Å². The topological polar surface area (TPSA) is 81.4 Å². The van der Waals surface area contributed by atoms with Gasteiger partial charge in [-0.3, -0.25) is 9.59 Å². The molecule has 3 N–H and O–H groups in total. The van der Waals surface area contributed by atoms with Crippen LogP contribution in [0, 0.1) is 0 Å². The molecule has 1 aliphatic rings. The van der Waals surface area contributed by atoms with Gasteiger partial charge in [-0.15, -0.1) is 0 Å². The van der Waals surface area contributed by atoms with E-state index in [1.807, 2.05) is 36.4 Å². The lowest BCUT2D eigenvalue weighted by molar-refractivity contribution is -0.127. The van der Waals surface area contributed by atoms with Crippen molar-refractivity contribution in [2.75, 3.05) is 13.2 Å². The Balaban J connectivity index is 1.89. The Labute approximate surface area is 122 Å². The number of nitrogens with one attached hydrogen (secondary N) is 1. The lowest BCUT2D eigenvalue weighted by Gasteiger charge is -2.41. The Bertz CT molecular complexity index is 702. The maximum Gasteiger partial charge on any atom is 0.252 e. The summed E-state index contributed by atoms with van der Waals surface area (Å²) in [6.45, 7) is 0.624. The number of amides is 2. The highest BCUT2D eigenvalue weighted by Gasteiger charge is 2.41. The summed E-state index contributed by atoms with van der Waals surface area (Å²) in [4.78, 5) is 23.7. The third-order valence-corrected chi connectivity index (χ3v) is 3.68. The molecular formula is C16H16N2O3. The molecule has 0 aliphatic carbocycles. The van der Waals surface area contributed by atoms with Crippen LogP contribution in [0.5, 0.6) is 0 Å². The summed E-state index contributed by atoms with van der Waals surface area (Å²) < 4.78 is 5.14. The fourth-order valence-corrected chi connectivity index (χ4v) is 2.63. The van der Waals surface area contributed by atoms with Crippen molar-refractivity contribution in [2.24, 2.45) is 5.73 Å². The molecule has 108 valence electrons. The van der Waals surface area contributed by atoms with E-state index in [1.54, 1.807) is 6.07 Å². The van der Waals surface area contributed by atoms with E-state index in [0.29, 0.717) is 18.8 Å². The molecule has 5 heteroatoms. The van der Waals surface area contributed by atoms with Crippen molar-refractivity contribution in [3.05, 3.63) is 48.0 Å². The second kappa shape index (κ2) is 5.18. The summed E-state index contributed by atoms with van der Waals surface area (Å²) >= 11 is 0. The quantitative estimate of drug-likeness (QED) is 0.885. The molecule has 1 aliphatic heterocycles. The summed E-state index contributed by atoms with van der Waals surface area (Å²) in [6.07, 6.45) is 0.0868. The van der Waals surface area contributed by atoms with E-state index in [0.717, 1.165) is 10.8 Å². The maximum absolute atomic E-state index is 12.5. The minimum absolute atomic E-state index is 0.0868. The van der Waals surface area contributed by atoms with Crippen LogP contribution in [0.3, 0.4) is 0 Å². The molecule has 5 nitrogen and oxygen atoms in total. The third-order valence-electron chi connectivity index (χ3n) is 3.68. The zero-order chi connectivity index (χ0) is 14.9. The van der Waals surface area contributed by atoms with Crippen LogP contribution in [0.25, 0.3) is 10.8 Å². The second-order valence-corrected chi connectivity index (χ2v) is 5.40. The average Bonchev–Trinajstić information content (AvgIpc) is 2.43. The van der Waals surface area contributed by atoms with Gasteiger partial charge in [-0.1, -0.05) is 36.4 Å². The number of primary amides is 1. The molecule has 1 fully saturated rings. The predicted octanol–water partition coefficient (Wildman–Crippen LogP) is 1.21. The van der Waals surface area contributed by atoms with Crippen LogP contribution in [0.4, 0.5) is 0 Å². The van der Waals surface area contributed by atoms with Gasteiger partial charge in [0.25, 0.3) is 5.91 Å². The van der Waals surface area contributed by atoms with Crippen molar-refractivity contribution in [3.63, 3.8) is 0 Å². The molecule has 1 saturated heterocycles. The number of ether oxygens (including phenoxy) is 1. The summed E-state index contributed by atoms with van der Waals surface area (Å²) in [6, 6.07) is 13.3. The Kier molecular flexibility index (Phi) is 3.35. The van der Waals surface area contributed by atoms with E-state index in [-0.39, 0.29) is 12.3 Å². The minimum atomic E-state index is -0.667. The first-order valence-corrected chi connectivity index (χ1v) is 6.76. The van der Waals surface area contributed by atoms with Gasteiger partial charge < -0.3 is 15.8 Å². The molecule has 0 saturated carbocycles. The van der Waals surface area contributed by atoms with Gasteiger partial charge in [0, 0.05) is 5.56 Å². The molecule has 0 bridgehead atoms. The van der Waals surface area contributed by atoms with Crippen LogP contribution in [0.2, 0.25) is 0 Å². The Morgan fingerprint density at radius 2 is 1.86 bits per heavy atom. The monoisotopic (exact) mass is 284 g/mol. The lowest BCUT2D eigenvalue weighted by Crippen LogP contribution is -2.63. The van der Waals surface area contributed by atoms with Gasteiger partial charge in [-0.2, -0.15) is 0 Å². The first-order chi connectivity index (χ1) is 10.1. The van der Waals surface area contributed by atoms with Crippen molar-refractivity contribution in [1.82, 2.24) is 5.32 Å². The van der Waals surface area contributed by atoms with Crippen LogP contribution in [0.15, 0.2) is 42.5 Å². The van der Waals surface area contributed by atoms with Gasteiger partial charge in [0.1, 0.15) is 0 Å². The third kappa shape index (κ3) is 2.60. The molecule has 0 atom stereocenters. The number of hydrogen-bond donors (Lipinski definition) is 2. The molecule has 0 aromatic heterocycles. The molecule has 0 radical (unpaired) electrons. The van der Waals surface area contributed by atoms with E-state index in [9.17, 15) is 9.59 Å². The second-order valence-electron chi connectivity index (χ2n) is 5.40. The van der Waals surface area contributed by atoms with E-state index in [4.69, 9.17) is 10.5 Å². The number of fused-ring (bicyclic) bond motifs is 1. The number of carbonyl (C=O) groups excluding carboxylic acids is 2. The highest BCUT2D eigenvalue weighted by atomic mass is 16.5. The Hall–Kier alpha value is -2.40. The average molecular weight is 284 g/mol. The zero-order valence-corrected chi connectivity index (χ0v) is 11.5. The molecular weight excluding hydrogens is 268 g/mol. The summed E-state index contributed by atoms with van der Waals surface area (Å²) in [7, 11) is 0. The molecule has 2 aromatic carbocycles. The standard InChI is InChI=1S/C16H16N2O3/c17-14(19)8-16(9-21-10-16)18-15(20)13-7-3-5-11-4-1-2-6-12(11)13/h1-7H,8-10H2,(H2,17,19)(H,18,20). The van der Waals surface area contributed by atoms with Crippen molar-refractivity contribution < 1.29 is 14.3 Å². The van der Waals surface area contributed by atoms with Gasteiger partial charge in [-0.25, -0.2) is 0 Å². The maximum atomic E-state index is 12.5. The zero-order valence-electron chi connectivity index (χ0n) is 11.5. The van der Waals surface area contributed by atoms with E-state index >= 15 is 0 Å². The van der Waals surface area contributed by atoms with Gasteiger partial charge in [0.15, 0.2) is 0 Å². The largest absolute Gasteiger partial charge is 0.376 e. The van der Waals surface area contributed by atoms with Crippen molar-refractivity contribution in [1.29, 1.82) is 0 Å². The van der Waals surface area contributed by atoms with Gasteiger partial charge in [0.2, 0.25) is 5.91 Å². The highest BCUT2D eigenvalue weighted by molar-refractivity contribution is 6.07. The first kappa shape index (κ1) is 13.6. The Morgan fingerprint density at radius 3 is 2.52 bits per heavy atom. The Morgan fingerprint density at radius 1 is 1.14 bits per heavy atom. The fraction of sp³-hybridized carbons (Fsp3) is 0.250. The van der Waals surface area contributed by atoms with Crippen LogP contribution >= 0.6 is 0 Å². The van der Waals surface area contributed by atoms with E-state index in [2.05, 4.69) is 5.32 Å². The number of carbonyl (C=O) groups is 2. The number of nitrogens with two attached hydrogens (primary N) is 1. The number of hydrogen-bond acceptors (Lipinski definition) is 3. The van der Waals surface area contributed by atoms with Crippen LogP contribution in [-0.2, 0) is 9.53 Å². The van der Waals surface area contributed by atoms with Crippen molar-refractivity contribution in [2.45, 2.75) is 12.0 Å². The highest BCUT2D eigenvalue weighted by Crippen LogP contribution is 2.24. The fourth-order valence-electron chi connectivity index (χ4n) is 2.63. The molecule has 2 amide bonds. The lowest BCUT2D eigenvalue weighted by atomic mass is 9.91. The van der Waals surface area contributed by atoms with Crippen LogP contribution in [0.1, 0.15) is 16.8 Å². The number of benzene rings is 2. The van der Waals surface area contributed by atoms with Gasteiger partial charge in [-0.05, 0) is 16.8 Å².